The van der Waals surface area contributed by atoms with Gasteiger partial charge in [0.1, 0.15) is 0 Å². The van der Waals surface area contributed by atoms with Crippen LogP contribution in [-0.2, 0) is 0 Å². The van der Waals surface area contributed by atoms with Gasteiger partial charge in [-0.3, -0.25) is 0 Å². The minimum Gasteiger partial charge on any atom is -0.392 e. The zero-order valence-corrected chi connectivity index (χ0v) is 7.71. The molecule has 0 saturated heterocycles. The van der Waals surface area contributed by atoms with E-state index in [-0.39, 0.29) is 5.92 Å². The van der Waals surface area contributed by atoms with Crippen LogP contribution < -0.4 is 0 Å². The van der Waals surface area contributed by atoms with E-state index >= 15 is 0 Å². The molecule has 2 atom stereocenters. The summed E-state index contributed by atoms with van der Waals surface area (Å²) in [5.74, 6) is -1.69. The fraction of sp³-hybridized carbons (Fsp3) is 0.455. The van der Waals surface area contributed by atoms with Gasteiger partial charge < -0.3 is 5.11 Å². The molecule has 1 fully saturated rings. The highest BCUT2D eigenvalue weighted by atomic mass is 19.2. The van der Waals surface area contributed by atoms with Crippen molar-refractivity contribution in [3.8, 4) is 0 Å². The molecule has 0 spiro atoms. The minimum absolute atomic E-state index is 0.0231. The number of rotatable bonds is 1. The summed E-state index contributed by atoms with van der Waals surface area (Å²) in [5.41, 5.74) is 0.703. The van der Waals surface area contributed by atoms with Crippen molar-refractivity contribution in [3.05, 3.63) is 35.4 Å². The third-order valence-corrected chi connectivity index (χ3v) is 2.85. The van der Waals surface area contributed by atoms with Crippen molar-refractivity contribution in [2.24, 2.45) is 0 Å². The molecule has 0 amide bonds. The van der Waals surface area contributed by atoms with Gasteiger partial charge in [-0.15, -0.1) is 0 Å². The number of halogens is 2. The molecule has 1 aliphatic rings. The molecule has 3 heteroatoms. The molecule has 2 rings (SSSR count). The predicted octanol–water partition coefficient (Wildman–Crippen LogP) is 2.59. The molecule has 0 radical (unpaired) electrons. The monoisotopic (exact) mass is 198 g/mol. The first-order chi connectivity index (χ1) is 6.68. The minimum atomic E-state index is -0.832. The second kappa shape index (κ2) is 3.65. The normalized spacial score (nSPS) is 26.8. The van der Waals surface area contributed by atoms with Gasteiger partial charge in [-0.1, -0.05) is 12.5 Å². The van der Waals surface area contributed by atoms with Gasteiger partial charge in [-0.05, 0) is 30.5 Å². The topological polar surface area (TPSA) is 20.2 Å². The predicted molar refractivity (Wildman–Crippen MR) is 49.0 cm³/mol. The molecule has 0 aliphatic heterocycles. The Morgan fingerprint density at radius 2 is 1.93 bits per heavy atom. The van der Waals surface area contributed by atoms with Crippen LogP contribution in [0.5, 0.6) is 0 Å². The van der Waals surface area contributed by atoms with Gasteiger partial charge in [0.15, 0.2) is 11.6 Å². The van der Waals surface area contributed by atoms with Crippen molar-refractivity contribution in [1.82, 2.24) is 0 Å². The van der Waals surface area contributed by atoms with Gasteiger partial charge in [-0.2, -0.15) is 0 Å². The standard InChI is InChI=1S/C11H12F2O/c12-9-5-4-7(6-10(9)13)8-2-1-3-11(8)14/h4-6,8,11,14H,1-3H2/t8-,11+/m0/s1. The average molecular weight is 198 g/mol. The first-order valence-electron chi connectivity index (χ1n) is 4.81. The quantitative estimate of drug-likeness (QED) is 0.735. The van der Waals surface area contributed by atoms with Crippen LogP contribution in [0, 0.1) is 11.6 Å². The largest absolute Gasteiger partial charge is 0.392 e. The highest BCUT2D eigenvalue weighted by molar-refractivity contribution is 5.23. The Kier molecular flexibility index (Phi) is 2.50. The Balaban J connectivity index is 2.28. The van der Waals surface area contributed by atoms with Crippen LogP contribution in [0.3, 0.4) is 0 Å². The Bertz CT molecular complexity index is 338. The summed E-state index contributed by atoms with van der Waals surface area (Å²) in [6.45, 7) is 0. The van der Waals surface area contributed by atoms with Crippen molar-refractivity contribution in [2.75, 3.05) is 0 Å². The summed E-state index contributed by atoms with van der Waals surface area (Å²) in [5, 5.41) is 9.59. The number of hydrogen-bond acceptors (Lipinski definition) is 1. The van der Waals surface area contributed by atoms with Gasteiger partial charge >= 0.3 is 0 Å². The molecule has 76 valence electrons. The average Bonchev–Trinajstić information content (AvgIpc) is 2.57. The molecular formula is C11H12F2O. The van der Waals surface area contributed by atoms with Gasteiger partial charge in [0, 0.05) is 5.92 Å². The van der Waals surface area contributed by atoms with Crippen LogP contribution in [0.2, 0.25) is 0 Å². The molecule has 1 N–H and O–H groups in total. The van der Waals surface area contributed by atoms with Crippen LogP contribution in [0.15, 0.2) is 18.2 Å². The maximum atomic E-state index is 12.9. The maximum absolute atomic E-state index is 12.9. The van der Waals surface area contributed by atoms with Crippen molar-refractivity contribution >= 4 is 0 Å². The number of benzene rings is 1. The van der Waals surface area contributed by atoms with Crippen LogP contribution >= 0.6 is 0 Å². The fourth-order valence-electron chi connectivity index (χ4n) is 2.07. The molecule has 1 aromatic rings. The Morgan fingerprint density at radius 1 is 1.14 bits per heavy atom. The van der Waals surface area contributed by atoms with Crippen molar-refractivity contribution in [2.45, 2.75) is 31.3 Å². The van der Waals surface area contributed by atoms with Crippen molar-refractivity contribution in [1.29, 1.82) is 0 Å². The Hall–Kier alpha value is -0.960. The molecule has 0 aromatic heterocycles. The van der Waals surface area contributed by atoms with E-state index in [9.17, 15) is 13.9 Å². The zero-order chi connectivity index (χ0) is 10.1. The van der Waals surface area contributed by atoms with E-state index in [1.165, 1.54) is 6.07 Å². The number of aliphatic hydroxyl groups excluding tert-OH is 1. The Morgan fingerprint density at radius 3 is 2.50 bits per heavy atom. The van der Waals surface area contributed by atoms with Gasteiger partial charge in [0.2, 0.25) is 0 Å². The third-order valence-electron chi connectivity index (χ3n) is 2.85. The Labute approximate surface area is 81.4 Å². The van der Waals surface area contributed by atoms with Gasteiger partial charge in [-0.25, -0.2) is 8.78 Å². The molecule has 1 aromatic carbocycles. The third kappa shape index (κ3) is 1.64. The number of aliphatic hydroxyl groups is 1. The van der Waals surface area contributed by atoms with Gasteiger partial charge in [0.25, 0.3) is 0 Å². The first-order valence-corrected chi connectivity index (χ1v) is 4.81. The van der Waals surface area contributed by atoms with E-state index in [4.69, 9.17) is 0 Å². The molecule has 1 aliphatic carbocycles. The van der Waals surface area contributed by atoms with Crippen LogP contribution in [0.4, 0.5) is 8.78 Å². The van der Waals surface area contributed by atoms with Gasteiger partial charge in [0.05, 0.1) is 6.10 Å². The molecule has 14 heavy (non-hydrogen) atoms. The maximum Gasteiger partial charge on any atom is 0.159 e. The van der Waals surface area contributed by atoms with E-state index in [1.807, 2.05) is 0 Å². The second-order valence-corrected chi connectivity index (χ2v) is 3.78. The lowest BCUT2D eigenvalue weighted by Crippen LogP contribution is -2.11. The zero-order valence-electron chi connectivity index (χ0n) is 7.71. The molecular weight excluding hydrogens is 186 g/mol. The molecule has 0 heterocycles. The summed E-state index contributed by atoms with van der Waals surface area (Å²) >= 11 is 0. The van der Waals surface area contributed by atoms with Crippen molar-refractivity contribution < 1.29 is 13.9 Å². The summed E-state index contributed by atoms with van der Waals surface area (Å²) in [7, 11) is 0. The molecule has 0 bridgehead atoms. The summed E-state index contributed by atoms with van der Waals surface area (Å²) in [6.07, 6.45) is 2.15. The lowest BCUT2D eigenvalue weighted by atomic mass is 9.96. The number of hydrogen-bond donors (Lipinski definition) is 1. The summed E-state index contributed by atoms with van der Waals surface area (Å²) in [6, 6.07) is 3.86. The molecule has 1 nitrogen and oxygen atoms in total. The second-order valence-electron chi connectivity index (χ2n) is 3.78. The van der Waals surface area contributed by atoms with E-state index in [0.717, 1.165) is 25.3 Å². The first kappa shape index (κ1) is 9.59. The van der Waals surface area contributed by atoms with E-state index in [1.54, 1.807) is 6.07 Å². The fourth-order valence-corrected chi connectivity index (χ4v) is 2.07. The van der Waals surface area contributed by atoms with E-state index in [2.05, 4.69) is 0 Å². The highest BCUT2D eigenvalue weighted by Gasteiger charge is 2.27. The lowest BCUT2D eigenvalue weighted by molar-refractivity contribution is 0.163. The van der Waals surface area contributed by atoms with Crippen LogP contribution in [0.1, 0.15) is 30.7 Å². The molecule has 1 saturated carbocycles. The van der Waals surface area contributed by atoms with Crippen LogP contribution in [0.25, 0.3) is 0 Å². The SMILES string of the molecule is O[C@@H]1CCC[C@H]1c1ccc(F)c(F)c1. The van der Waals surface area contributed by atoms with E-state index in [0.29, 0.717) is 5.56 Å². The smallest absolute Gasteiger partial charge is 0.159 e. The summed E-state index contributed by atoms with van der Waals surface area (Å²) < 4.78 is 25.5. The highest BCUT2D eigenvalue weighted by Crippen LogP contribution is 2.34. The lowest BCUT2D eigenvalue weighted by Gasteiger charge is -2.14. The molecule has 0 unspecified atom stereocenters. The van der Waals surface area contributed by atoms with Crippen molar-refractivity contribution in [3.63, 3.8) is 0 Å². The van der Waals surface area contributed by atoms with Crippen LogP contribution in [-0.4, -0.2) is 11.2 Å². The summed E-state index contributed by atoms with van der Waals surface area (Å²) in [4.78, 5) is 0. The van der Waals surface area contributed by atoms with E-state index < -0.39 is 17.7 Å².